The number of rotatable bonds is 5. The summed E-state index contributed by atoms with van der Waals surface area (Å²) in [5, 5.41) is 0. The van der Waals surface area contributed by atoms with Gasteiger partial charge < -0.3 is 19.3 Å². The van der Waals surface area contributed by atoms with Gasteiger partial charge in [0.15, 0.2) is 0 Å². The number of halogens is 1. The molecule has 1 saturated heterocycles. The third-order valence-electron chi connectivity index (χ3n) is 4.93. The van der Waals surface area contributed by atoms with Crippen molar-refractivity contribution in [2.45, 2.75) is 19.8 Å². The van der Waals surface area contributed by atoms with Crippen LogP contribution in [0, 0.1) is 5.82 Å². The third kappa shape index (κ3) is 4.18. The quantitative estimate of drug-likeness (QED) is 0.820. The second-order valence-electron chi connectivity index (χ2n) is 7.09. The monoisotopic (exact) mass is 404 g/mol. The van der Waals surface area contributed by atoms with E-state index in [1.54, 1.807) is 44.1 Å². The smallest absolute Gasteiger partial charge is 0.288 e. The third-order valence-corrected chi connectivity index (χ3v) is 4.93. The number of ether oxygens (including phenoxy) is 2. The van der Waals surface area contributed by atoms with E-state index in [2.05, 4.69) is 9.97 Å². The first-order chi connectivity index (χ1) is 13.8. The summed E-state index contributed by atoms with van der Waals surface area (Å²) in [6, 6.07) is 5.07. The standard InChI is InChI=1S/C20H25FN4O4/c1-12(2)17-16(21)18(26)23-20(22-17)25-9-7-24(8-10-25)19(27)14-6-5-13(28-3)11-15(14)29-4/h5-6,11-12H,7-10H2,1-4H3,(H,22,23,26). The predicted molar refractivity (Wildman–Crippen MR) is 107 cm³/mol. The minimum Gasteiger partial charge on any atom is -0.497 e. The van der Waals surface area contributed by atoms with Gasteiger partial charge in [-0.2, -0.15) is 4.39 Å². The second kappa shape index (κ2) is 8.50. The summed E-state index contributed by atoms with van der Waals surface area (Å²) in [6.45, 7) is 5.38. The van der Waals surface area contributed by atoms with E-state index in [-0.39, 0.29) is 17.5 Å². The van der Waals surface area contributed by atoms with Crippen LogP contribution < -0.4 is 19.9 Å². The summed E-state index contributed by atoms with van der Waals surface area (Å²) in [5.41, 5.74) is -0.178. The molecule has 0 unspecified atom stereocenters. The van der Waals surface area contributed by atoms with Gasteiger partial charge in [0.2, 0.25) is 11.8 Å². The molecule has 3 rings (SSSR count). The number of nitrogens with zero attached hydrogens (tertiary/aromatic N) is 3. The number of benzene rings is 1. The van der Waals surface area contributed by atoms with Gasteiger partial charge in [-0.25, -0.2) is 4.98 Å². The SMILES string of the molecule is COc1ccc(C(=O)N2CCN(c3nc(C(C)C)c(F)c(=O)[nH]3)CC2)c(OC)c1. The number of hydrogen-bond acceptors (Lipinski definition) is 6. The molecule has 0 radical (unpaired) electrons. The van der Waals surface area contributed by atoms with E-state index in [1.807, 2.05) is 4.90 Å². The van der Waals surface area contributed by atoms with Crippen molar-refractivity contribution in [1.82, 2.24) is 14.9 Å². The van der Waals surface area contributed by atoms with Crippen molar-refractivity contribution >= 4 is 11.9 Å². The number of methoxy groups -OCH3 is 2. The topological polar surface area (TPSA) is 87.8 Å². The molecule has 8 nitrogen and oxygen atoms in total. The molecule has 0 atom stereocenters. The van der Waals surface area contributed by atoms with E-state index in [0.717, 1.165) is 0 Å². The van der Waals surface area contributed by atoms with Gasteiger partial charge in [0.05, 0.1) is 25.5 Å². The number of aromatic nitrogens is 2. The van der Waals surface area contributed by atoms with E-state index in [9.17, 15) is 14.0 Å². The van der Waals surface area contributed by atoms with Crippen molar-refractivity contribution in [2.75, 3.05) is 45.3 Å². The number of carbonyl (C=O) groups excluding carboxylic acids is 1. The maximum absolute atomic E-state index is 14.0. The number of anilines is 1. The number of carbonyl (C=O) groups is 1. The van der Waals surface area contributed by atoms with Gasteiger partial charge in [-0.3, -0.25) is 14.6 Å². The molecule has 29 heavy (non-hydrogen) atoms. The zero-order valence-electron chi connectivity index (χ0n) is 17.0. The average molecular weight is 404 g/mol. The van der Waals surface area contributed by atoms with Crippen molar-refractivity contribution in [3.8, 4) is 11.5 Å². The first-order valence-electron chi connectivity index (χ1n) is 9.41. The maximum atomic E-state index is 14.0. The lowest BCUT2D eigenvalue weighted by molar-refractivity contribution is 0.0742. The van der Waals surface area contributed by atoms with Crippen LogP contribution in [0.15, 0.2) is 23.0 Å². The molecule has 0 saturated carbocycles. The van der Waals surface area contributed by atoms with Gasteiger partial charge in [-0.15, -0.1) is 0 Å². The lowest BCUT2D eigenvalue weighted by atomic mass is 10.1. The van der Waals surface area contributed by atoms with Crippen molar-refractivity contribution < 1.29 is 18.7 Å². The Morgan fingerprint density at radius 1 is 1.17 bits per heavy atom. The summed E-state index contributed by atoms with van der Waals surface area (Å²) in [7, 11) is 3.06. The molecule has 0 spiro atoms. The molecule has 1 amide bonds. The van der Waals surface area contributed by atoms with Crippen LogP contribution in [0.25, 0.3) is 0 Å². The number of H-pyrrole nitrogens is 1. The van der Waals surface area contributed by atoms with Crippen LogP contribution in [0.1, 0.15) is 35.8 Å². The van der Waals surface area contributed by atoms with Crippen LogP contribution in [0.5, 0.6) is 11.5 Å². The van der Waals surface area contributed by atoms with Crippen molar-refractivity contribution in [3.63, 3.8) is 0 Å². The Morgan fingerprint density at radius 3 is 2.45 bits per heavy atom. The predicted octanol–water partition coefficient (Wildman–Crippen LogP) is 2.01. The van der Waals surface area contributed by atoms with Gasteiger partial charge in [0, 0.05) is 32.2 Å². The van der Waals surface area contributed by atoms with Gasteiger partial charge in [-0.05, 0) is 18.1 Å². The van der Waals surface area contributed by atoms with E-state index >= 15 is 0 Å². The highest BCUT2D eigenvalue weighted by Crippen LogP contribution is 2.26. The Morgan fingerprint density at radius 2 is 1.86 bits per heavy atom. The van der Waals surface area contributed by atoms with Crippen LogP contribution in [0.3, 0.4) is 0 Å². The van der Waals surface area contributed by atoms with Crippen LogP contribution >= 0.6 is 0 Å². The number of amides is 1. The first kappa shape index (κ1) is 20.6. The molecule has 0 bridgehead atoms. The first-order valence-corrected chi connectivity index (χ1v) is 9.41. The number of nitrogens with one attached hydrogen (secondary N) is 1. The van der Waals surface area contributed by atoms with E-state index in [0.29, 0.717) is 49.2 Å². The van der Waals surface area contributed by atoms with Crippen LogP contribution in [0.4, 0.5) is 10.3 Å². The molecule has 1 aliphatic rings. The zero-order valence-corrected chi connectivity index (χ0v) is 17.0. The fourth-order valence-corrected chi connectivity index (χ4v) is 3.26. The van der Waals surface area contributed by atoms with Crippen molar-refractivity contribution in [3.05, 3.63) is 45.6 Å². The number of aromatic amines is 1. The number of hydrogen-bond donors (Lipinski definition) is 1. The molecular weight excluding hydrogens is 379 g/mol. The minimum absolute atomic E-state index is 0.144. The van der Waals surface area contributed by atoms with E-state index < -0.39 is 11.4 Å². The van der Waals surface area contributed by atoms with Crippen LogP contribution in [0.2, 0.25) is 0 Å². The summed E-state index contributed by atoms with van der Waals surface area (Å²) in [6.07, 6.45) is 0. The second-order valence-corrected chi connectivity index (χ2v) is 7.09. The normalized spacial score (nSPS) is 14.3. The summed E-state index contributed by atoms with van der Waals surface area (Å²) < 4.78 is 24.5. The Balaban J connectivity index is 1.74. The summed E-state index contributed by atoms with van der Waals surface area (Å²) in [5.74, 6) is 0.186. The highest BCUT2D eigenvalue weighted by Gasteiger charge is 2.26. The fourth-order valence-electron chi connectivity index (χ4n) is 3.26. The largest absolute Gasteiger partial charge is 0.497 e. The van der Waals surface area contributed by atoms with Gasteiger partial charge >= 0.3 is 0 Å². The van der Waals surface area contributed by atoms with Gasteiger partial charge in [0.25, 0.3) is 11.5 Å². The van der Waals surface area contributed by atoms with E-state index in [1.165, 1.54) is 7.11 Å². The van der Waals surface area contributed by atoms with E-state index in [4.69, 9.17) is 9.47 Å². The van der Waals surface area contributed by atoms with Gasteiger partial charge in [0.1, 0.15) is 11.5 Å². The Bertz CT molecular complexity index is 952. The zero-order chi connectivity index (χ0) is 21.1. The summed E-state index contributed by atoms with van der Waals surface area (Å²) >= 11 is 0. The van der Waals surface area contributed by atoms with Crippen LogP contribution in [-0.2, 0) is 0 Å². The average Bonchev–Trinajstić information content (AvgIpc) is 2.74. The molecule has 1 aliphatic heterocycles. The molecule has 2 aromatic rings. The molecular formula is C20H25FN4O4. The Hall–Kier alpha value is -3.10. The van der Waals surface area contributed by atoms with Crippen LogP contribution in [-0.4, -0.2) is 61.2 Å². The lowest BCUT2D eigenvalue weighted by Gasteiger charge is -2.35. The summed E-state index contributed by atoms with van der Waals surface area (Å²) in [4.78, 5) is 35.2. The number of piperazine rings is 1. The molecule has 2 heterocycles. The molecule has 156 valence electrons. The Kier molecular flexibility index (Phi) is 6.05. The molecule has 1 N–H and O–H groups in total. The lowest BCUT2D eigenvalue weighted by Crippen LogP contribution is -2.49. The van der Waals surface area contributed by atoms with Crippen molar-refractivity contribution in [1.29, 1.82) is 0 Å². The minimum atomic E-state index is -0.843. The highest BCUT2D eigenvalue weighted by molar-refractivity contribution is 5.97. The molecule has 0 aliphatic carbocycles. The molecule has 1 aromatic carbocycles. The fraction of sp³-hybridized carbons (Fsp3) is 0.450. The maximum Gasteiger partial charge on any atom is 0.288 e. The highest BCUT2D eigenvalue weighted by atomic mass is 19.1. The Labute approximate surface area is 168 Å². The molecule has 1 fully saturated rings. The molecule has 1 aromatic heterocycles. The van der Waals surface area contributed by atoms with Crippen molar-refractivity contribution in [2.24, 2.45) is 0 Å². The van der Waals surface area contributed by atoms with Gasteiger partial charge in [-0.1, -0.05) is 13.8 Å². The molecule has 9 heteroatoms.